The molecule has 1 amide bonds. The zero-order valence-corrected chi connectivity index (χ0v) is 12.6. The van der Waals surface area contributed by atoms with E-state index in [-0.39, 0.29) is 11.9 Å². The highest BCUT2D eigenvalue weighted by Gasteiger charge is 2.12. The molecule has 0 spiro atoms. The molecule has 2 N–H and O–H groups in total. The molecule has 0 radical (unpaired) electrons. The fourth-order valence-electron chi connectivity index (χ4n) is 1.79. The lowest BCUT2D eigenvalue weighted by Crippen LogP contribution is -2.31. The van der Waals surface area contributed by atoms with Crippen LogP contribution in [0.25, 0.3) is 0 Å². The fraction of sp³-hybridized carbons (Fsp3) is 0.188. The van der Waals surface area contributed by atoms with Crippen molar-refractivity contribution in [3.63, 3.8) is 0 Å². The van der Waals surface area contributed by atoms with E-state index in [1.54, 1.807) is 50.4 Å². The van der Waals surface area contributed by atoms with Crippen molar-refractivity contribution in [1.82, 2.24) is 0 Å². The van der Waals surface area contributed by atoms with Crippen LogP contribution in [0.5, 0.6) is 5.75 Å². The van der Waals surface area contributed by atoms with Crippen molar-refractivity contribution in [1.29, 1.82) is 0 Å². The molecule has 21 heavy (non-hydrogen) atoms. The van der Waals surface area contributed by atoms with E-state index in [0.717, 1.165) is 17.1 Å². The second kappa shape index (κ2) is 6.99. The van der Waals surface area contributed by atoms with E-state index in [9.17, 15) is 4.79 Å². The van der Waals surface area contributed by atoms with Gasteiger partial charge in [-0.15, -0.1) is 0 Å². The van der Waals surface area contributed by atoms with Crippen LogP contribution < -0.4 is 15.4 Å². The third-order valence-electron chi connectivity index (χ3n) is 2.98. The van der Waals surface area contributed by atoms with Gasteiger partial charge in [0.2, 0.25) is 5.91 Å². The Labute approximate surface area is 129 Å². The summed E-state index contributed by atoms with van der Waals surface area (Å²) in [5, 5.41) is 6.62. The SMILES string of the molecule is COc1ccc(NC(=O)C(C)Nc2ccc(Cl)cc2)cc1. The molecule has 5 heteroatoms. The molecule has 2 aromatic carbocycles. The first-order chi connectivity index (χ1) is 10.1. The minimum absolute atomic E-state index is 0.116. The van der Waals surface area contributed by atoms with E-state index >= 15 is 0 Å². The van der Waals surface area contributed by atoms with Gasteiger partial charge in [0, 0.05) is 16.4 Å². The zero-order valence-electron chi connectivity index (χ0n) is 11.9. The number of rotatable bonds is 5. The van der Waals surface area contributed by atoms with Gasteiger partial charge < -0.3 is 15.4 Å². The lowest BCUT2D eigenvalue weighted by atomic mass is 10.2. The first-order valence-electron chi connectivity index (χ1n) is 6.55. The zero-order chi connectivity index (χ0) is 15.2. The van der Waals surface area contributed by atoms with Gasteiger partial charge in [0.25, 0.3) is 0 Å². The highest BCUT2D eigenvalue weighted by molar-refractivity contribution is 6.30. The van der Waals surface area contributed by atoms with Crippen LogP contribution in [0.3, 0.4) is 0 Å². The molecule has 0 heterocycles. The summed E-state index contributed by atoms with van der Waals surface area (Å²) >= 11 is 5.83. The molecule has 0 saturated carbocycles. The van der Waals surface area contributed by atoms with Crippen LogP contribution in [0.2, 0.25) is 5.02 Å². The summed E-state index contributed by atoms with van der Waals surface area (Å²) in [5.41, 5.74) is 1.57. The standard InChI is InChI=1S/C16H17ClN2O2/c1-11(18-13-5-3-12(17)4-6-13)16(20)19-14-7-9-15(21-2)10-8-14/h3-11,18H,1-2H3,(H,19,20). The molecule has 1 unspecified atom stereocenters. The lowest BCUT2D eigenvalue weighted by Gasteiger charge is -2.15. The number of anilines is 2. The molecule has 0 fully saturated rings. The molecule has 1 atom stereocenters. The van der Waals surface area contributed by atoms with Crippen LogP contribution in [-0.4, -0.2) is 19.1 Å². The number of benzene rings is 2. The predicted molar refractivity (Wildman–Crippen MR) is 86.2 cm³/mol. The molecule has 2 aromatic rings. The van der Waals surface area contributed by atoms with E-state index < -0.39 is 0 Å². The quantitative estimate of drug-likeness (QED) is 0.883. The van der Waals surface area contributed by atoms with Crippen molar-refractivity contribution in [2.24, 2.45) is 0 Å². The highest BCUT2D eigenvalue weighted by Crippen LogP contribution is 2.17. The van der Waals surface area contributed by atoms with Gasteiger partial charge in [-0.3, -0.25) is 4.79 Å². The molecular formula is C16H17ClN2O2. The maximum absolute atomic E-state index is 12.1. The molecule has 0 aliphatic rings. The minimum atomic E-state index is -0.367. The summed E-state index contributed by atoms with van der Waals surface area (Å²) in [6.45, 7) is 1.80. The first kappa shape index (κ1) is 15.2. The van der Waals surface area contributed by atoms with E-state index in [0.29, 0.717) is 5.02 Å². The van der Waals surface area contributed by atoms with Gasteiger partial charge in [-0.1, -0.05) is 11.6 Å². The normalized spacial score (nSPS) is 11.6. The van der Waals surface area contributed by atoms with Crippen LogP contribution in [0.15, 0.2) is 48.5 Å². The largest absolute Gasteiger partial charge is 0.497 e. The molecule has 0 aromatic heterocycles. The van der Waals surface area contributed by atoms with E-state index in [2.05, 4.69) is 10.6 Å². The van der Waals surface area contributed by atoms with Gasteiger partial charge in [-0.05, 0) is 55.5 Å². The van der Waals surface area contributed by atoms with Crippen LogP contribution >= 0.6 is 11.6 Å². The average molecular weight is 305 g/mol. The lowest BCUT2D eigenvalue weighted by molar-refractivity contribution is -0.116. The topological polar surface area (TPSA) is 50.4 Å². The number of carbonyl (C=O) groups excluding carboxylic acids is 1. The smallest absolute Gasteiger partial charge is 0.246 e. The number of halogens is 1. The Hall–Kier alpha value is -2.20. The van der Waals surface area contributed by atoms with Gasteiger partial charge in [0.1, 0.15) is 11.8 Å². The second-order valence-corrected chi connectivity index (χ2v) is 5.03. The van der Waals surface area contributed by atoms with Crippen molar-refractivity contribution in [3.8, 4) is 5.75 Å². The summed E-state index contributed by atoms with van der Waals surface area (Å²) in [7, 11) is 1.60. The predicted octanol–water partition coefficient (Wildman–Crippen LogP) is 3.79. The Morgan fingerprint density at radius 1 is 1.05 bits per heavy atom. The maximum Gasteiger partial charge on any atom is 0.246 e. The number of nitrogens with one attached hydrogen (secondary N) is 2. The van der Waals surface area contributed by atoms with Crippen molar-refractivity contribution >= 4 is 28.9 Å². The number of hydrogen-bond donors (Lipinski definition) is 2. The Morgan fingerprint density at radius 3 is 2.19 bits per heavy atom. The molecule has 0 aliphatic carbocycles. The van der Waals surface area contributed by atoms with Gasteiger partial charge in [-0.2, -0.15) is 0 Å². The Bertz CT molecular complexity index is 597. The molecule has 2 rings (SSSR count). The first-order valence-corrected chi connectivity index (χ1v) is 6.93. The fourth-order valence-corrected chi connectivity index (χ4v) is 1.91. The molecular weight excluding hydrogens is 288 g/mol. The minimum Gasteiger partial charge on any atom is -0.497 e. The summed E-state index contributed by atoms with van der Waals surface area (Å²) in [4.78, 5) is 12.1. The summed E-state index contributed by atoms with van der Waals surface area (Å²) in [6, 6.07) is 14.0. The van der Waals surface area contributed by atoms with Crippen molar-refractivity contribution in [3.05, 3.63) is 53.6 Å². The number of carbonyl (C=O) groups is 1. The van der Waals surface area contributed by atoms with Gasteiger partial charge >= 0.3 is 0 Å². The summed E-state index contributed by atoms with van der Waals surface area (Å²) in [5.74, 6) is 0.635. The Morgan fingerprint density at radius 2 is 1.62 bits per heavy atom. The van der Waals surface area contributed by atoms with Crippen molar-refractivity contribution < 1.29 is 9.53 Å². The monoisotopic (exact) mass is 304 g/mol. The average Bonchev–Trinajstić information content (AvgIpc) is 2.50. The summed E-state index contributed by atoms with van der Waals surface area (Å²) in [6.07, 6.45) is 0. The molecule has 0 saturated heterocycles. The molecule has 0 aliphatic heterocycles. The second-order valence-electron chi connectivity index (χ2n) is 4.59. The van der Waals surface area contributed by atoms with E-state index in [4.69, 9.17) is 16.3 Å². The highest BCUT2D eigenvalue weighted by atomic mass is 35.5. The van der Waals surface area contributed by atoms with Gasteiger partial charge in [-0.25, -0.2) is 0 Å². The van der Waals surface area contributed by atoms with Crippen LogP contribution in [0.1, 0.15) is 6.92 Å². The Balaban J connectivity index is 1.93. The van der Waals surface area contributed by atoms with Crippen LogP contribution in [-0.2, 0) is 4.79 Å². The third-order valence-corrected chi connectivity index (χ3v) is 3.23. The van der Waals surface area contributed by atoms with Crippen molar-refractivity contribution in [2.75, 3.05) is 17.7 Å². The third kappa shape index (κ3) is 4.39. The van der Waals surface area contributed by atoms with Gasteiger partial charge in [0.15, 0.2) is 0 Å². The molecule has 0 bridgehead atoms. The van der Waals surface area contributed by atoms with Crippen LogP contribution in [0.4, 0.5) is 11.4 Å². The number of amides is 1. The summed E-state index contributed by atoms with van der Waals surface area (Å²) < 4.78 is 5.07. The van der Waals surface area contributed by atoms with Crippen molar-refractivity contribution in [2.45, 2.75) is 13.0 Å². The Kier molecular flexibility index (Phi) is 5.06. The number of hydrogen-bond acceptors (Lipinski definition) is 3. The number of ether oxygens (including phenoxy) is 1. The van der Waals surface area contributed by atoms with Gasteiger partial charge in [0.05, 0.1) is 7.11 Å². The maximum atomic E-state index is 12.1. The molecule has 110 valence electrons. The van der Waals surface area contributed by atoms with E-state index in [1.165, 1.54) is 0 Å². The number of methoxy groups -OCH3 is 1. The molecule has 4 nitrogen and oxygen atoms in total. The van der Waals surface area contributed by atoms with E-state index in [1.807, 2.05) is 12.1 Å². The van der Waals surface area contributed by atoms with Crippen LogP contribution in [0, 0.1) is 0 Å².